The number of aromatic nitrogens is 2. The molecule has 0 unspecified atom stereocenters. The van der Waals surface area contributed by atoms with E-state index in [1.807, 2.05) is 26.2 Å². The molecule has 2 heterocycles. The summed E-state index contributed by atoms with van der Waals surface area (Å²) >= 11 is 0. The average Bonchev–Trinajstić information content (AvgIpc) is 2.93. The number of carbonyl (C=O) groups excluding carboxylic acids is 1. The van der Waals surface area contributed by atoms with Gasteiger partial charge in [-0.05, 0) is 25.7 Å². The number of hydrogen-bond donors (Lipinski definition) is 1. The van der Waals surface area contributed by atoms with Gasteiger partial charge >= 0.3 is 0 Å². The van der Waals surface area contributed by atoms with Crippen molar-refractivity contribution in [2.75, 3.05) is 13.2 Å². The molecule has 1 fully saturated rings. The van der Waals surface area contributed by atoms with Crippen LogP contribution in [0.3, 0.4) is 0 Å². The first-order valence-electron chi connectivity index (χ1n) is 7.52. The van der Waals surface area contributed by atoms with Gasteiger partial charge in [0, 0.05) is 38.1 Å². The van der Waals surface area contributed by atoms with Gasteiger partial charge in [-0.3, -0.25) is 4.79 Å². The van der Waals surface area contributed by atoms with Crippen LogP contribution in [-0.2, 0) is 16.1 Å². The van der Waals surface area contributed by atoms with Crippen molar-refractivity contribution in [3.05, 3.63) is 18.2 Å². The summed E-state index contributed by atoms with van der Waals surface area (Å²) in [5.41, 5.74) is 0. The van der Waals surface area contributed by atoms with E-state index in [4.69, 9.17) is 4.74 Å². The minimum absolute atomic E-state index is 0.0104. The molecule has 1 aromatic heterocycles. The standard InChI is InChI=1S/C15H25N3O2/c1-4-18-8-7-16-14(18)13(17-15(19)11(2)3)12-5-9-20-10-6-12/h7-8,11-13H,4-6,9-10H2,1-3H3,(H,17,19)/t13-/m0/s1. The van der Waals surface area contributed by atoms with Crippen molar-refractivity contribution in [3.63, 3.8) is 0 Å². The van der Waals surface area contributed by atoms with Crippen LogP contribution >= 0.6 is 0 Å². The fraction of sp³-hybridized carbons (Fsp3) is 0.733. The van der Waals surface area contributed by atoms with Gasteiger partial charge in [0.25, 0.3) is 0 Å². The topological polar surface area (TPSA) is 56.2 Å². The largest absolute Gasteiger partial charge is 0.381 e. The number of ether oxygens (including phenoxy) is 1. The van der Waals surface area contributed by atoms with E-state index in [1.165, 1.54) is 0 Å². The maximum atomic E-state index is 12.1. The van der Waals surface area contributed by atoms with Gasteiger partial charge in [0.05, 0.1) is 6.04 Å². The van der Waals surface area contributed by atoms with Crippen molar-refractivity contribution in [1.82, 2.24) is 14.9 Å². The second kappa shape index (κ2) is 6.88. The highest BCUT2D eigenvalue weighted by Gasteiger charge is 2.30. The molecule has 1 amide bonds. The number of rotatable bonds is 5. The lowest BCUT2D eigenvalue weighted by Crippen LogP contribution is -2.39. The van der Waals surface area contributed by atoms with Gasteiger partial charge in [0.2, 0.25) is 5.91 Å². The van der Waals surface area contributed by atoms with Crippen molar-refractivity contribution in [3.8, 4) is 0 Å². The Hall–Kier alpha value is -1.36. The van der Waals surface area contributed by atoms with Gasteiger partial charge in [-0.2, -0.15) is 0 Å². The zero-order chi connectivity index (χ0) is 14.5. The summed E-state index contributed by atoms with van der Waals surface area (Å²) in [5.74, 6) is 1.45. The highest BCUT2D eigenvalue weighted by molar-refractivity contribution is 5.78. The number of nitrogens with zero attached hydrogens (tertiary/aromatic N) is 2. The summed E-state index contributed by atoms with van der Waals surface area (Å²) in [5, 5.41) is 3.19. The van der Waals surface area contributed by atoms with Gasteiger partial charge in [-0.1, -0.05) is 13.8 Å². The fourth-order valence-corrected chi connectivity index (χ4v) is 2.63. The number of amides is 1. The molecule has 0 aliphatic carbocycles. The summed E-state index contributed by atoms with van der Waals surface area (Å²) < 4.78 is 7.55. The molecule has 0 spiro atoms. The summed E-state index contributed by atoms with van der Waals surface area (Å²) in [7, 11) is 0. The lowest BCUT2D eigenvalue weighted by Gasteiger charge is -2.31. The van der Waals surface area contributed by atoms with E-state index in [9.17, 15) is 4.79 Å². The third kappa shape index (κ3) is 3.39. The number of aryl methyl sites for hydroxylation is 1. The first kappa shape index (κ1) is 15.0. The molecule has 5 nitrogen and oxygen atoms in total. The van der Waals surface area contributed by atoms with Crippen molar-refractivity contribution >= 4 is 5.91 Å². The van der Waals surface area contributed by atoms with Crippen LogP contribution in [0.15, 0.2) is 12.4 Å². The van der Waals surface area contributed by atoms with Crippen molar-refractivity contribution in [2.24, 2.45) is 11.8 Å². The molecular weight excluding hydrogens is 254 g/mol. The minimum atomic E-state index is -0.0117. The van der Waals surface area contributed by atoms with Crippen LogP contribution in [0.2, 0.25) is 0 Å². The predicted molar refractivity (Wildman–Crippen MR) is 77.2 cm³/mol. The maximum absolute atomic E-state index is 12.1. The van der Waals surface area contributed by atoms with Crippen LogP contribution in [0.5, 0.6) is 0 Å². The third-order valence-electron chi connectivity index (χ3n) is 3.93. The quantitative estimate of drug-likeness (QED) is 0.898. The highest BCUT2D eigenvalue weighted by atomic mass is 16.5. The molecule has 1 atom stereocenters. The lowest BCUT2D eigenvalue weighted by atomic mass is 9.90. The minimum Gasteiger partial charge on any atom is -0.381 e. The Bertz CT molecular complexity index is 436. The maximum Gasteiger partial charge on any atom is 0.223 e. The van der Waals surface area contributed by atoms with Gasteiger partial charge in [-0.15, -0.1) is 0 Å². The average molecular weight is 279 g/mol. The number of hydrogen-bond acceptors (Lipinski definition) is 3. The molecule has 1 aromatic rings. The first-order valence-corrected chi connectivity index (χ1v) is 7.52. The number of carbonyl (C=O) groups is 1. The molecular formula is C15H25N3O2. The summed E-state index contributed by atoms with van der Waals surface area (Å²) in [6.07, 6.45) is 5.73. The highest BCUT2D eigenvalue weighted by Crippen LogP contribution is 2.29. The van der Waals surface area contributed by atoms with Crippen LogP contribution < -0.4 is 5.32 Å². The SMILES string of the molecule is CCn1ccnc1[C@@H](NC(=O)C(C)C)C1CCOCC1. The monoisotopic (exact) mass is 279 g/mol. The predicted octanol–water partition coefficient (Wildman–Crippen LogP) is 2.14. The molecule has 0 radical (unpaired) electrons. The molecule has 1 aliphatic rings. The Morgan fingerprint density at radius 2 is 2.20 bits per heavy atom. The Balaban J connectivity index is 2.21. The molecule has 0 aromatic carbocycles. The van der Waals surface area contributed by atoms with Crippen LogP contribution in [0.25, 0.3) is 0 Å². The molecule has 5 heteroatoms. The van der Waals surface area contributed by atoms with E-state index in [-0.39, 0.29) is 17.9 Å². The molecule has 1 aliphatic heterocycles. The zero-order valence-electron chi connectivity index (χ0n) is 12.6. The van der Waals surface area contributed by atoms with Crippen LogP contribution in [0.4, 0.5) is 0 Å². The molecule has 2 rings (SSSR count). The fourth-order valence-electron chi connectivity index (χ4n) is 2.63. The Labute approximate surface area is 120 Å². The van der Waals surface area contributed by atoms with Gasteiger partial charge in [0.15, 0.2) is 0 Å². The second-order valence-electron chi connectivity index (χ2n) is 5.66. The Morgan fingerprint density at radius 3 is 2.80 bits per heavy atom. The third-order valence-corrected chi connectivity index (χ3v) is 3.93. The van der Waals surface area contributed by atoms with Crippen LogP contribution in [0, 0.1) is 11.8 Å². The first-order chi connectivity index (χ1) is 9.63. The van der Waals surface area contributed by atoms with Gasteiger partial charge < -0.3 is 14.6 Å². The lowest BCUT2D eigenvalue weighted by molar-refractivity contribution is -0.125. The van der Waals surface area contributed by atoms with E-state index in [0.717, 1.165) is 38.4 Å². The van der Waals surface area contributed by atoms with Gasteiger partial charge in [-0.25, -0.2) is 4.98 Å². The number of imidazole rings is 1. The van der Waals surface area contributed by atoms with E-state index in [1.54, 1.807) is 0 Å². The second-order valence-corrected chi connectivity index (χ2v) is 5.66. The van der Waals surface area contributed by atoms with Crippen molar-refractivity contribution in [2.45, 2.75) is 46.2 Å². The Kier molecular flexibility index (Phi) is 5.17. The number of nitrogens with one attached hydrogen (secondary N) is 1. The molecule has 1 saturated heterocycles. The summed E-state index contributed by atoms with van der Waals surface area (Å²) in [6.45, 7) is 8.34. The Morgan fingerprint density at radius 1 is 1.50 bits per heavy atom. The zero-order valence-corrected chi connectivity index (χ0v) is 12.6. The molecule has 20 heavy (non-hydrogen) atoms. The van der Waals surface area contributed by atoms with Crippen molar-refractivity contribution < 1.29 is 9.53 Å². The van der Waals surface area contributed by atoms with E-state index < -0.39 is 0 Å². The molecule has 0 bridgehead atoms. The van der Waals surface area contributed by atoms with Crippen LogP contribution in [-0.4, -0.2) is 28.7 Å². The van der Waals surface area contributed by atoms with Gasteiger partial charge in [0.1, 0.15) is 5.82 Å². The van der Waals surface area contributed by atoms with E-state index in [0.29, 0.717) is 5.92 Å². The van der Waals surface area contributed by atoms with E-state index >= 15 is 0 Å². The summed E-state index contributed by atoms with van der Waals surface area (Å²) in [6, 6.07) is -0.0104. The summed E-state index contributed by atoms with van der Waals surface area (Å²) in [4.78, 5) is 16.6. The smallest absolute Gasteiger partial charge is 0.223 e. The normalized spacial score (nSPS) is 18.2. The van der Waals surface area contributed by atoms with E-state index in [2.05, 4.69) is 21.8 Å². The molecule has 0 saturated carbocycles. The van der Waals surface area contributed by atoms with Crippen LogP contribution in [0.1, 0.15) is 45.5 Å². The molecule has 112 valence electrons. The molecule has 1 N–H and O–H groups in total. The van der Waals surface area contributed by atoms with Crippen molar-refractivity contribution in [1.29, 1.82) is 0 Å².